The fraction of sp³-hybridized carbons (Fsp3) is 0.364. The van der Waals surface area contributed by atoms with Crippen LogP contribution in [0.1, 0.15) is 33.6 Å². The van der Waals surface area contributed by atoms with E-state index in [0.717, 1.165) is 12.8 Å². The van der Waals surface area contributed by atoms with Gasteiger partial charge < -0.3 is 19.7 Å². The van der Waals surface area contributed by atoms with Gasteiger partial charge in [0.05, 0.1) is 14.2 Å². The molecule has 0 aliphatic carbocycles. The minimum atomic E-state index is -0.368. The summed E-state index contributed by atoms with van der Waals surface area (Å²) in [6, 6.07) is 10.6. The number of nitrogens with zero attached hydrogens (tertiary/aromatic N) is 1. The van der Waals surface area contributed by atoms with Gasteiger partial charge in [-0.15, -0.1) is 0 Å². The van der Waals surface area contributed by atoms with Gasteiger partial charge in [-0.25, -0.2) is 4.39 Å². The van der Waals surface area contributed by atoms with Crippen molar-refractivity contribution in [2.45, 2.75) is 12.8 Å². The van der Waals surface area contributed by atoms with Crippen molar-refractivity contribution in [1.82, 2.24) is 10.2 Å². The first-order chi connectivity index (χ1) is 14.0. The van der Waals surface area contributed by atoms with Crippen LogP contribution in [0.15, 0.2) is 42.5 Å². The lowest BCUT2D eigenvalue weighted by Crippen LogP contribution is -2.41. The first-order valence-corrected chi connectivity index (χ1v) is 9.57. The normalized spacial score (nSPS) is 14.4. The number of carbonyl (C=O) groups is 2. The van der Waals surface area contributed by atoms with Gasteiger partial charge in [0, 0.05) is 30.8 Å². The molecular weight excluding hydrogens is 375 g/mol. The summed E-state index contributed by atoms with van der Waals surface area (Å²) < 4.78 is 23.4. The molecule has 0 aromatic heterocycles. The topological polar surface area (TPSA) is 67.9 Å². The van der Waals surface area contributed by atoms with Crippen molar-refractivity contribution >= 4 is 11.8 Å². The number of halogens is 1. The van der Waals surface area contributed by atoms with Gasteiger partial charge in [-0.2, -0.15) is 0 Å². The molecule has 0 radical (unpaired) electrons. The molecule has 1 N–H and O–H groups in total. The smallest absolute Gasteiger partial charge is 0.253 e. The Hall–Kier alpha value is -3.09. The van der Waals surface area contributed by atoms with Crippen LogP contribution in [0.3, 0.4) is 0 Å². The van der Waals surface area contributed by atoms with Crippen molar-refractivity contribution in [1.29, 1.82) is 0 Å². The number of amides is 2. The molecule has 7 heteroatoms. The van der Waals surface area contributed by atoms with Crippen molar-refractivity contribution in [3.05, 3.63) is 59.4 Å². The molecule has 2 aromatic carbocycles. The maximum atomic E-state index is 13.0. The molecule has 0 atom stereocenters. The molecule has 1 aliphatic heterocycles. The summed E-state index contributed by atoms with van der Waals surface area (Å²) in [4.78, 5) is 26.7. The molecule has 2 amide bonds. The van der Waals surface area contributed by atoms with E-state index in [0.29, 0.717) is 48.2 Å². The van der Waals surface area contributed by atoms with Crippen LogP contribution in [0.25, 0.3) is 0 Å². The second-order valence-corrected chi connectivity index (χ2v) is 7.02. The highest BCUT2D eigenvalue weighted by atomic mass is 19.1. The number of hydrogen-bond acceptors (Lipinski definition) is 4. The highest BCUT2D eigenvalue weighted by Gasteiger charge is 2.24. The largest absolute Gasteiger partial charge is 0.493 e. The van der Waals surface area contributed by atoms with Crippen LogP contribution in [-0.2, 0) is 0 Å². The SMILES string of the molecule is COc1ccc(C(=O)N2CCC(CNC(=O)c3ccc(F)cc3)CC2)cc1OC. The third kappa shape index (κ3) is 5.04. The average molecular weight is 400 g/mol. The van der Waals surface area contributed by atoms with E-state index >= 15 is 0 Å². The Balaban J connectivity index is 1.50. The number of rotatable bonds is 6. The summed E-state index contributed by atoms with van der Waals surface area (Å²) in [6.45, 7) is 1.79. The van der Waals surface area contributed by atoms with Crippen LogP contribution in [0.4, 0.5) is 4.39 Å². The molecule has 1 aliphatic rings. The molecule has 6 nitrogen and oxygen atoms in total. The van der Waals surface area contributed by atoms with Crippen LogP contribution in [0.5, 0.6) is 11.5 Å². The first kappa shape index (κ1) is 20.6. The van der Waals surface area contributed by atoms with Gasteiger partial charge in [0.25, 0.3) is 11.8 Å². The molecule has 154 valence electrons. The summed E-state index contributed by atoms with van der Waals surface area (Å²) in [5, 5.41) is 2.90. The van der Waals surface area contributed by atoms with Crippen molar-refractivity contribution < 1.29 is 23.5 Å². The highest BCUT2D eigenvalue weighted by Crippen LogP contribution is 2.28. The minimum absolute atomic E-state index is 0.0419. The number of hydrogen-bond donors (Lipinski definition) is 1. The van der Waals surface area contributed by atoms with Crippen LogP contribution in [-0.4, -0.2) is 50.6 Å². The van der Waals surface area contributed by atoms with Crippen LogP contribution < -0.4 is 14.8 Å². The predicted octanol–water partition coefficient (Wildman–Crippen LogP) is 3.13. The second kappa shape index (κ2) is 9.41. The zero-order valence-corrected chi connectivity index (χ0v) is 16.6. The molecule has 3 rings (SSSR count). The number of likely N-dealkylation sites (tertiary alicyclic amines) is 1. The van der Waals surface area contributed by atoms with E-state index in [-0.39, 0.29) is 17.6 Å². The van der Waals surface area contributed by atoms with Crippen molar-refractivity contribution in [3.63, 3.8) is 0 Å². The number of carbonyl (C=O) groups excluding carboxylic acids is 2. The monoisotopic (exact) mass is 400 g/mol. The fourth-order valence-corrected chi connectivity index (χ4v) is 3.43. The highest BCUT2D eigenvalue weighted by molar-refractivity contribution is 5.95. The number of piperidine rings is 1. The quantitative estimate of drug-likeness (QED) is 0.809. The number of ether oxygens (including phenoxy) is 2. The van der Waals surface area contributed by atoms with Crippen LogP contribution in [0.2, 0.25) is 0 Å². The van der Waals surface area contributed by atoms with Crippen molar-refractivity contribution in [2.24, 2.45) is 5.92 Å². The van der Waals surface area contributed by atoms with Gasteiger partial charge in [0.1, 0.15) is 5.82 Å². The van der Waals surface area contributed by atoms with Crippen molar-refractivity contribution in [3.8, 4) is 11.5 Å². The molecule has 1 heterocycles. The fourth-order valence-electron chi connectivity index (χ4n) is 3.43. The molecule has 0 unspecified atom stereocenters. The Morgan fingerprint density at radius 1 is 1.00 bits per heavy atom. The maximum absolute atomic E-state index is 13.0. The lowest BCUT2D eigenvalue weighted by molar-refractivity contribution is 0.0684. The van der Waals surface area contributed by atoms with Crippen LogP contribution in [0, 0.1) is 11.7 Å². The molecule has 0 bridgehead atoms. The first-order valence-electron chi connectivity index (χ1n) is 9.57. The number of benzene rings is 2. The van der Waals surface area contributed by atoms with Gasteiger partial charge in [0.2, 0.25) is 0 Å². The van der Waals surface area contributed by atoms with E-state index < -0.39 is 0 Å². The van der Waals surface area contributed by atoms with Gasteiger partial charge >= 0.3 is 0 Å². The standard InChI is InChI=1S/C22H25FN2O4/c1-28-19-8-5-17(13-20(19)29-2)22(27)25-11-9-15(10-12-25)14-24-21(26)16-3-6-18(23)7-4-16/h3-8,13,15H,9-12,14H2,1-2H3,(H,24,26). The van der Waals surface area contributed by atoms with E-state index in [4.69, 9.17) is 9.47 Å². The molecular formula is C22H25FN2O4. The van der Waals surface area contributed by atoms with Gasteiger partial charge in [-0.3, -0.25) is 9.59 Å². The molecule has 1 saturated heterocycles. The maximum Gasteiger partial charge on any atom is 0.253 e. The third-order valence-corrected chi connectivity index (χ3v) is 5.19. The lowest BCUT2D eigenvalue weighted by Gasteiger charge is -2.32. The lowest BCUT2D eigenvalue weighted by atomic mass is 9.96. The zero-order chi connectivity index (χ0) is 20.8. The Morgan fingerprint density at radius 3 is 2.24 bits per heavy atom. The third-order valence-electron chi connectivity index (χ3n) is 5.19. The Labute approximate surface area is 169 Å². The molecule has 29 heavy (non-hydrogen) atoms. The summed E-state index contributed by atoms with van der Waals surface area (Å²) in [6.07, 6.45) is 1.62. The zero-order valence-electron chi connectivity index (χ0n) is 16.6. The summed E-state index contributed by atoms with van der Waals surface area (Å²) in [5.74, 6) is 0.784. The molecule has 0 saturated carbocycles. The van der Waals surface area contributed by atoms with Crippen molar-refractivity contribution in [2.75, 3.05) is 33.9 Å². The van der Waals surface area contributed by atoms with Gasteiger partial charge in [-0.05, 0) is 61.2 Å². The Bertz CT molecular complexity index is 862. The van der Waals surface area contributed by atoms with Gasteiger partial charge in [0.15, 0.2) is 11.5 Å². The summed E-state index contributed by atoms with van der Waals surface area (Å²) in [7, 11) is 3.09. The molecule has 1 fully saturated rings. The summed E-state index contributed by atoms with van der Waals surface area (Å²) in [5.41, 5.74) is 0.998. The van der Waals surface area contributed by atoms with E-state index in [1.54, 1.807) is 25.3 Å². The Morgan fingerprint density at radius 2 is 1.62 bits per heavy atom. The number of methoxy groups -OCH3 is 2. The summed E-state index contributed by atoms with van der Waals surface area (Å²) >= 11 is 0. The van der Waals surface area contributed by atoms with E-state index in [9.17, 15) is 14.0 Å². The van der Waals surface area contributed by atoms with E-state index in [2.05, 4.69) is 5.32 Å². The van der Waals surface area contributed by atoms with E-state index in [1.165, 1.54) is 31.4 Å². The predicted molar refractivity (Wildman–Crippen MR) is 107 cm³/mol. The average Bonchev–Trinajstić information content (AvgIpc) is 2.77. The molecule has 2 aromatic rings. The number of nitrogens with one attached hydrogen (secondary N) is 1. The second-order valence-electron chi connectivity index (χ2n) is 7.02. The Kier molecular flexibility index (Phi) is 6.69. The minimum Gasteiger partial charge on any atom is -0.493 e. The van der Waals surface area contributed by atoms with Crippen LogP contribution >= 0.6 is 0 Å². The van der Waals surface area contributed by atoms with E-state index in [1.807, 2.05) is 4.90 Å². The van der Waals surface area contributed by atoms with Gasteiger partial charge in [-0.1, -0.05) is 0 Å². The molecule has 0 spiro atoms.